The molecule has 15 unspecified atom stereocenters. The lowest BCUT2D eigenvalue weighted by Gasteiger charge is -2.47. The van der Waals surface area contributed by atoms with E-state index < -0.39 is 83.9 Å². The zero-order valence-corrected chi connectivity index (χ0v) is 42.8. The van der Waals surface area contributed by atoms with Gasteiger partial charge in [-0.15, -0.1) is 0 Å². The van der Waals surface area contributed by atoms with Crippen LogP contribution >= 0.6 is 0 Å². The van der Waals surface area contributed by atoms with E-state index in [9.17, 15) is 34.5 Å². The van der Waals surface area contributed by atoms with E-state index in [1.165, 1.54) is 19.1 Å². The Morgan fingerprint density at radius 3 is 2.14 bits per heavy atom. The maximum absolute atomic E-state index is 14.6. The Morgan fingerprint density at radius 2 is 1.52 bits per heavy atom. The van der Waals surface area contributed by atoms with Crippen molar-refractivity contribution in [2.75, 3.05) is 48.7 Å². The van der Waals surface area contributed by atoms with Crippen molar-refractivity contribution in [3.8, 4) is 11.5 Å². The summed E-state index contributed by atoms with van der Waals surface area (Å²) in [6, 6.07) is 4.03. The average molecular weight is 972 g/mol. The number of aliphatic hydroxyl groups excluding tert-OH is 2. The van der Waals surface area contributed by atoms with Crippen LogP contribution in [0, 0.1) is 29.6 Å². The maximum Gasteiger partial charge on any atom is 0.329 e. The summed E-state index contributed by atoms with van der Waals surface area (Å²) >= 11 is 0. The molecule has 4 aliphatic rings. The smallest absolute Gasteiger partial charge is 0.329 e. The molecule has 16 nitrogen and oxygen atoms in total. The molecule has 388 valence electrons. The number of benzene rings is 1. The largest absolute Gasteiger partial charge is 0.497 e. The van der Waals surface area contributed by atoms with E-state index in [1.807, 2.05) is 39.8 Å². The standard InChI is InChI=1S/C53H81NO15/c1-12-36-20-30(2)19-31(3)21-46(65-10)49-47(66-11)23-33(5)53(61,69-49)50(58)51(59)54-18-14-13-15-40(54)52(60)68-48(34(6)41(55)28-42(36)56)32(4)22-35-16-17-44(45(24-35)64-9)67-29-43(57)37-25-38(62-7)27-39(26-37)63-8/h20,22,25-27,31,33-36,40-41,43-49,55,57,61H,12-19,21,23-24,28-29H2,1-11H3. The highest BCUT2D eigenvalue weighted by molar-refractivity contribution is 6.39. The van der Waals surface area contributed by atoms with Gasteiger partial charge in [0.25, 0.3) is 11.7 Å². The van der Waals surface area contributed by atoms with Gasteiger partial charge in [-0.3, -0.25) is 14.4 Å². The molecule has 1 aromatic rings. The fourth-order valence-corrected chi connectivity index (χ4v) is 10.9. The number of carbonyl (C=O) groups is 4. The van der Waals surface area contributed by atoms with E-state index in [4.69, 9.17) is 37.9 Å². The van der Waals surface area contributed by atoms with Crippen LogP contribution in [-0.2, 0) is 47.6 Å². The second kappa shape index (κ2) is 25.6. The Bertz CT molecular complexity index is 1930. The Hall–Kier alpha value is -3.74. The van der Waals surface area contributed by atoms with Crippen LogP contribution in [0.3, 0.4) is 0 Å². The molecule has 3 aliphatic heterocycles. The molecule has 1 aromatic carbocycles. The fraction of sp³-hybridized carbons (Fsp3) is 0.736. The molecule has 1 amide bonds. The number of piperidine rings is 1. The summed E-state index contributed by atoms with van der Waals surface area (Å²) in [5.41, 5.74) is 2.22. The zero-order chi connectivity index (χ0) is 50.7. The number of esters is 1. The van der Waals surface area contributed by atoms with Crippen LogP contribution in [0.25, 0.3) is 0 Å². The number of fused-ring (bicyclic) bond motifs is 3. The third-order valence-electron chi connectivity index (χ3n) is 15.1. The number of allylic oxidation sites excluding steroid dienone is 3. The summed E-state index contributed by atoms with van der Waals surface area (Å²) in [6.07, 6.45) is 2.82. The molecular weight excluding hydrogens is 891 g/mol. The molecule has 3 N–H and O–H groups in total. The van der Waals surface area contributed by atoms with Crippen LogP contribution in [0.1, 0.15) is 124 Å². The summed E-state index contributed by atoms with van der Waals surface area (Å²) in [7, 11) is 7.76. The molecule has 0 aromatic heterocycles. The van der Waals surface area contributed by atoms with Gasteiger partial charge in [0.05, 0.1) is 51.3 Å². The zero-order valence-electron chi connectivity index (χ0n) is 42.8. The van der Waals surface area contributed by atoms with Gasteiger partial charge in [0.1, 0.15) is 41.6 Å². The predicted octanol–water partition coefficient (Wildman–Crippen LogP) is 6.25. The molecule has 1 saturated carbocycles. The third kappa shape index (κ3) is 13.8. The first-order chi connectivity index (χ1) is 32.8. The second-order valence-corrected chi connectivity index (χ2v) is 20.1. The summed E-state index contributed by atoms with van der Waals surface area (Å²) < 4.78 is 47.4. The first-order valence-corrected chi connectivity index (χ1v) is 25.0. The van der Waals surface area contributed by atoms with E-state index in [0.717, 1.165) is 5.57 Å². The highest BCUT2D eigenvalue weighted by Crippen LogP contribution is 2.40. The monoisotopic (exact) mass is 972 g/mol. The van der Waals surface area contributed by atoms with Gasteiger partial charge in [-0.1, -0.05) is 45.4 Å². The Kier molecular flexibility index (Phi) is 20.8. The van der Waals surface area contributed by atoms with Crippen molar-refractivity contribution >= 4 is 23.4 Å². The lowest BCUT2D eigenvalue weighted by molar-refractivity contribution is -0.302. The number of Topliss-reactive ketones (excluding diaryl/α,β-unsaturated/α-hetero) is 2. The maximum atomic E-state index is 14.6. The summed E-state index contributed by atoms with van der Waals surface area (Å²) in [6.45, 7) is 11.3. The minimum Gasteiger partial charge on any atom is -0.497 e. The van der Waals surface area contributed by atoms with Crippen molar-refractivity contribution in [1.29, 1.82) is 0 Å². The number of hydrogen-bond acceptors (Lipinski definition) is 15. The van der Waals surface area contributed by atoms with Gasteiger partial charge in [-0.05, 0) is 113 Å². The summed E-state index contributed by atoms with van der Waals surface area (Å²) in [4.78, 5) is 58.5. The number of cyclic esters (lactones) is 1. The Balaban J connectivity index is 1.44. The fourth-order valence-electron chi connectivity index (χ4n) is 10.9. The number of carbonyl (C=O) groups excluding carboxylic acids is 4. The molecule has 2 bridgehead atoms. The van der Waals surface area contributed by atoms with E-state index in [2.05, 4.69) is 0 Å². The van der Waals surface area contributed by atoms with Crippen LogP contribution in [-0.4, -0.2) is 147 Å². The van der Waals surface area contributed by atoms with E-state index in [-0.39, 0.29) is 62.2 Å². The van der Waals surface area contributed by atoms with Crippen molar-refractivity contribution in [1.82, 2.24) is 4.90 Å². The second-order valence-electron chi connectivity index (χ2n) is 20.1. The average Bonchev–Trinajstić information content (AvgIpc) is 3.35. The number of methoxy groups -OCH3 is 5. The van der Waals surface area contributed by atoms with Gasteiger partial charge in [-0.25, -0.2) is 4.79 Å². The van der Waals surface area contributed by atoms with Gasteiger partial charge < -0.3 is 58.1 Å². The molecule has 0 radical (unpaired) electrons. The molecule has 16 heteroatoms. The van der Waals surface area contributed by atoms with Crippen LogP contribution in [0.2, 0.25) is 0 Å². The highest BCUT2D eigenvalue weighted by atomic mass is 16.7. The van der Waals surface area contributed by atoms with Gasteiger partial charge in [0.2, 0.25) is 5.79 Å². The summed E-state index contributed by atoms with van der Waals surface area (Å²) in [5, 5.41) is 35.1. The van der Waals surface area contributed by atoms with E-state index in [1.54, 1.807) is 53.4 Å². The normalized spacial score (nSPS) is 35.6. The van der Waals surface area contributed by atoms with Gasteiger partial charge in [0, 0.05) is 58.1 Å². The van der Waals surface area contributed by atoms with Crippen LogP contribution in [0.4, 0.5) is 0 Å². The van der Waals surface area contributed by atoms with E-state index in [0.29, 0.717) is 74.0 Å². The number of ether oxygens (including phenoxy) is 8. The van der Waals surface area contributed by atoms with Crippen LogP contribution in [0.5, 0.6) is 11.5 Å². The molecule has 15 atom stereocenters. The van der Waals surface area contributed by atoms with E-state index >= 15 is 0 Å². The highest BCUT2D eigenvalue weighted by Gasteiger charge is 2.56. The number of nitrogens with zero attached hydrogens (tertiary/aromatic N) is 1. The van der Waals surface area contributed by atoms with Crippen molar-refractivity contribution in [2.45, 2.75) is 173 Å². The molecule has 0 spiro atoms. The van der Waals surface area contributed by atoms with Crippen molar-refractivity contribution in [3.05, 3.63) is 47.1 Å². The lowest BCUT2D eigenvalue weighted by Crippen LogP contribution is -2.64. The minimum atomic E-state index is -2.53. The first-order valence-electron chi connectivity index (χ1n) is 25.0. The Morgan fingerprint density at radius 1 is 0.870 bits per heavy atom. The predicted molar refractivity (Wildman–Crippen MR) is 256 cm³/mol. The quantitative estimate of drug-likeness (QED) is 0.120. The first kappa shape index (κ1) is 56.2. The third-order valence-corrected chi connectivity index (χ3v) is 15.1. The van der Waals surface area contributed by atoms with Gasteiger partial charge in [0.15, 0.2) is 0 Å². The minimum absolute atomic E-state index is 0.0145. The van der Waals surface area contributed by atoms with Crippen LogP contribution < -0.4 is 9.47 Å². The van der Waals surface area contributed by atoms with Crippen LogP contribution in [0.15, 0.2) is 41.5 Å². The Labute approximate surface area is 409 Å². The number of aliphatic hydroxyl groups is 3. The molecule has 2 saturated heterocycles. The molecular formula is C53H81NO15. The lowest BCUT2D eigenvalue weighted by atomic mass is 9.81. The van der Waals surface area contributed by atoms with Crippen molar-refractivity contribution < 1.29 is 72.4 Å². The van der Waals surface area contributed by atoms with Gasteiger partial charge >= 0.3 is 5.97 Å². The van der Waals surface area contributed by atoms with Crippen molar-refractivity contribution in [3.63, 3.8) is 0 Å². The summed E-state index contributed by atoms with van der Waals surface area (Å²) in [5.74, 6) is -6.66. The SMILES string of the molecule is CCC1C=C(C)CC(C)CC(OC)C2OC(O)(C(=O)C(=O)N3CCCCC3C(=O)OC(C(C)=CC3CCC(OCC(O)c4cc(OC)cc(OC)c4)C(OC)C3)C(C)C(O)CC1=O)C(C)CC2OC. The molecule has 3 heterocycles. The number of amides is 1. The topological polar surface area (TPSA) is 206 Å². The molecule has 3 fully saturated rings. The number of hydrogen-bond donors (Lipinski definition) is 3. The number of rotatable bonds is 12. The van der Waals surface area contributed by atoms with Gasteiger partial charge in [-0.2, -0.15) is 0 Å². The molecule has 1 aliphatic carbocycles. The molecule has 5 rings (SSSR count). The van der Waals surface area contributed by atoms with Crippen molar-refractivity contribution in [2.24, 2.45) is 29.6 Å². The molecule has 69 heavy (non-hydrogen) atoms. The number of ketones is 2.